The van der Waals surface area contributed by atoms with Crippen LogP contribution in [-0.2, 0) is 4.79 Å². The van der Waals surface area contributed by atoms with E-state index in [9.17, 15) is 4.79 Å². The Morgan fingerprint density at radius 2 is 1.73 bits per heavy atom. The van der Waals surface area contributed by atoms with Crippen molar-refractivity contribution in [3.05, 3.63) is 70.5 Å². The number of carbonyl (C=O) groups is 1. The second-order valence-corrected chi connectivity index (χ2v) is 7.76. The number of hydrogen-bond donors (Lipinski definition) is 1. The predicted octanol–water partition coefficient (Wildman–Crippen LogP) is 6.10. The van der Waals surface area contributed by atoms with Crippen LogP contribution >= 0.6 is 0 Å². The zero-order valence-corrected chi connectivity index (χ0v) is 17.6. The zero-order valence-electron chi connectivity index (χ0n) is 17.6. The van der Waals surface area contributed by atoms with Crippen LogP contribution in [0.4, 0.5) is 0 Å². The highest BCUT2D eigenvalue weighted by Gasteiger charge is 2.16. The van der Waals surface area contributed by atoms with E-state index in [1.807, 2.05) is 14.0 Å². The number of aryl methyl sites for hydroxylation is 1. The minimum Gasteiger partial charge on any atom is -0.391 e. The Morgan fingerprint density at radius 1 is 1.15 bits per heavy atom. The fourth-order valence-corrected chi connectivity index (χ4v) is 3.42. The average Bonchev–Trinajstić information content (AvgIpc) is 2.53. The number of Topliss-reactive ketones (excluding diaryl/α,β-unsaturated/α-hetero) is 1. The summed E-state index contributed by atoms with van der Waals surface area (Å²) in [5, 5.41) is 3.07. The van der Waals surface area contributed by atoms with Crippen molar-refractivity contribution in [1.82, 2.24) is 5.32 Å². The van der Waals surface area contributed by atoms with Crippen molar-refractivity contribution in [2.75, 3.05) is 7.05 Å². The van der Waals surface area contributed by atoms with Gasteiger partial charge in [-0.15, -0.1) is 0 Å². The van der Waals surface area contributed by atoms with Crippen molar-refractivity contribution in [2.45, 2.75) is 60.3 Å². The molecule has 0 spiro atoms. The van der Waals surface area contributed by atoms with Crippen LogP contribution in [0.2, 0.25) is 0 Å². The van der Waals surface area contributed by atoms with E-state index in [4.69, 9.17) is 0 Å². The van der Waals surface area contributed by atoms with Crippen LogP contribution in [0.5, 0.6) is 0 Å². The van der Waals surface area contributed by atoms with Crippen molar-refractivity contribution in [3.8, 4) is 0 Å². The second kappa shape index (κ2) is 10.2. The summed E-state index contributed by atoms with van der Waals surface area (Å²) in [6.07, 6.45) is 4.19. The molecule has 0 saturated heterocycles. The first-order chi connectivity index (χ1) is 12.1. The number of rotatable bonds is 9. The van der Waals surface area contributed by atoms with Crippen molar-refractivity contribution >= 4 is 5.78 Å². The quantitative estimate of drug-likeness (QED) is 0.429. The van der Waals surface area contributed by atoms with Crippen molar-refractivity contribution in [3.63, 3.8) is 0 Å². The minimum atomic E-state index is 0.0446. The van der Waals surface area contributed by atoms with Crippen LogP contribution in [0.3, 0.4) is 0 Å². The molecular formula is C24H35NO. The van der Waals surface area contributed by atoms with E-state index in [0.29, 0.717) is 17.4 Å². The van der Waals surface area contributed by atoms with Gasteiger partial charge in [0, 0.05) is 18.3 Å². The Labute approximate surface area is 160 Å². The molecule has 0 aromatic heterocycles. The Morgan fingerprint density at radius 3 is 2.19 bits per heavy atom. The van der Waals surface area contributed by atoms with Gasteiger partial charge in [0.15, 0.2) is 5.78 Å². The Balaban J connectivity index is 3.06. The predicted molar refractivity (Wildman–Crippen MR) is 113 cm³/mol. The average molecular weight is 354 g/mol. The normalized spacial score (nSPS) is 14.1. The summed E-state index contributed by atoms with van der Waals surface area (Å²) in [5.74, 6) is 1.16. The van der Waals surface area contributed by atoms with E-state index in [0.717, 1.165) is 24.1 Å². The number of benzene rings is 1. The molecule has 0 saturated carbocycles. The molecule has 2 heteroatoms. The summed E-state index contributed by atoms with van der Waals surface area (Å²) >= 11 is 0. The molecule has 0 aliphatic carbocycles. The minimum absolute atomic E-state index is 0.0446. The molecule has 0 heterocycles. The SMILES string of the molecule is C=C(/C=C(/C)CC(CC(C)C)c1ccc(C)cc1)C(C(C)=O)=C(C)NC. The Bertz CT molecular complexity index is 689. The third-order valence-corrected chi connectivity index (χ3v) is 4.72. The number of hydrogen-bond acceptors (Lipinski definition) is 2. The standard InChI is InChI=1S/C24H35NO/c1-16(2)13-23(22-11-9-17(3)10-12-22)15-18(4)14-19(5)24(21(7)26)20(6)25-8/h9-12,14,16,23,25H,5,13,15H2,1-4,6-8H3/b18-14-,24-20?. The molecule has 0 fully saturated rings. The molecule has 0 bridgehead atoms. The van der Waals surface area contributed by atoms with E-state index < -0.39 is 0 Å². The topological polar surface area (TPSA) is 29.1 Å². The molecule has 142 valence electrons. The lowest BCUT2D eigenvalue weighted by molar-refractivity contribution is -0.113. The van der Waals surface area contributed by atoms with Crippen LogP contribution < -0.4 is 5.32 Å². The molecule has 2 nitrogen and oxygen atoms in total. The third-order valence-electron chi connectivity index (χ3n) is 4.72. The first-order valence-corrected chi connectivity index (χ1v) is 9.48. The van der Waals surface area contributed by atoms with Crippen LogP contribution in [-0.4, -0.2) is 12.8 Å². The molecule has 0 aliphatic heterocycles. The summed E-state index contributed by atoms with van der Waals surface area (Å²) in [5.41, 5.74) is 6.26. The van der Waals surface area contributed by atoms with Crippen LogP contribution in [0, 0.1) is 12.8 Å². The molecule has 0 aliphatic rings. The van der Waals surface area contributed by atoms with E-state index in [-0.39, 0.29) is 5.78 Å². The Kier molecular flexibility index (Phi) is 8.57. The maximum absolute atomic E-state index is 12.0. The zero-order chi connectivity index (χ0) is 19.9. The second-order valence-electron chi connectivity index (χ2n) is 7.76. The van der Waals surface area contributed by atoms with Gasteiger partial charge in [0.1, 0.15) is 0 Å². The highest BCUT2D eigenvalue weighted by atomic mass is 16.1. The molecule has 0 amide bonds. The highest BCUT2D eigenvalue weighted by Crippen LogP contribution is 2.31. The van der Waals surface area contributed by atoms with Crippen molar-refractivity contribution in [1.29, 1.82) is 0 Å². The van der Waals surface area contributed by atoms with Gasteiger partial charge in [-0.25, -0.2) is 0 Å². The van der Waals surface area contributed by atoms with Gasteiger partial charge in [0.05, 0.1) is 0 Å². The Hall–Kier alpha value is -2.09. The van der Waals surface area contributed by atoms with Gasteiger partial charge in [-0.3, -0.25) is 4.79 Å². The van der Waals surface area contributed by atoms with Gasteiger partial charge >= 0.3 is 0 Å². The molecule has 1 N–H and O–H groups in total. The summed E-state index contributed by atoms with van der Waals surface area (Å²) in [6.45, 7) is 16.5. The van der Waals surface area contributed by atoms with Crippen molar-refractivity contribution in [2.24, 2.45) is 5.92 Å². The summed E-state index contributed by atoms with van der Waals surface area (Å²) in [7, 11) is 1.83. The largest absolute Gasteiger partial charge is 0.391 e. The third kappa shape index (κ3) is 6.67. The maximum Gasteiger partial charge on any atom is 0.162 e. The fourth-order valence-electron chi connectivity index (χ4n) is 3.42. The van der Waals surface area contributed by atoms with Crippen molar-refractivity contribution < 1.29 is 4.79 Å². The lowest BCUT2D eigenvalue weighted by Crippen LogP contribution is -2.11. The smallest absolute Gasteiger partial charge is 0.162 e. The van der Waals surface area contributed by atoms with Crippen LogP contribution in [0.1, 0.15) is 64.5 Å². The van der Waals surface area contributed by atoms with E-state index in [1.54, 1.807) is 6.92 Å². The molecule has 1 aromatic rings. The van der Waals surface area contributed by atoms with E-state index in [1.165, 1.54) is 16.7 Å². The molecule has 1 rings (SSSR count). The van der Waals surface area contributed by atoms with Crippen LogP contribution in [0.25, 0.3) is 0 Å². The fraction of sp³-hybridized carbons (Fsp3) is 0.458. The lowest BCUT2D eigenvalue weighted by Gasteiger charge is -2.21. The number of allylic oxidation sites excluding steroid dienone is 5. The monoisotopic (exact) mass is 353 g/mol. The maximum atomic E-state index is 12.0. The summed E-state index contributed by atoms with van der Waals surface area (Å²) in [4.78, 5) is 12.0. The molecule has 1 aromatic carbocycles. The first-order valence-electron chi connectivity index (χ1n) is 9.48. The summed E-state index contributed by atoms with van der Waals surface area (Å²) in [6, 6.07) is 8.87. The van der Waals surface area contributed by atoms with Gasteiger partial charge in [0.25, 0.3) is 0 Å². The summed E-state index contributed by atoms with van der Waals surface area (Å²) < 4.78 is 0. The molecule has 1 unspecified atom stereocenters. The van der Waals surface area contributed by atoms with Gasteiger partial charge < -0.3 is 5.32 Å². The number of carbonyl (C=O) groups excluding carboxylic acids is 1. The van der Waals surface area contributed by atoms with E-state index >= 15 is 0 Å². The molecular weight excluding hydrogens is 318 g/mol. The molecule has 26 heavy (non-hydrogen) atoms. The highest BCUT2D eigenvalue weighted by molar-refractivity contribution is 5.99. The molecule has 0 radical (unpaired) electrons. The van der Waals surface area contributed by atoms with E-state index in [2.05, 4.69) is 69.9 Å². The van der Waals surface area contributed by atoms with Crippen LogP contribution in [0.15, 0.2) is 59.3 Å². The van der Waals surface area contributed by atoms with Gasteiger partial charge in [-0.1, -0.05) is 61.9 Å². The molecule has 1 atom stereocenters. The van der Waals surface area contributed by atoms with Gasteiger partial charge in [-0.2, -0.15) is 0 Å². The number of ketones is 1. The van der Waals surface area contributed by atoms with Gasteiger partial charge in [0.2, 0.25) is 0 Å². The lowest BCUT2D eigenvalue weighted by atomic mass is 9.84. The number of nitrogens with one attached hydrogen (secondary N) is 1. The first kappa shape index (κ1) is 22.0. The van der Waals surface area contributed by atoms with Gasteiger partial charge in [-0.05, 0) is 63.5 Å².